The monoisotopic (exact) mass is 642 g/mol. The zero-order chi connectivity index (χ0) is 32.7. The number of aliphatic carboxylic acids is 1. The third-order valence-corrected chi connectivity index (χ3v) is 7.56. The summed E-state index contributed by atoms with van der Waals surface area (Å²) >= 11 is 0. The minimum atomic E-state index is -1.41. The van der Waals surface area contributed by atoms with Crippen LogP contribution in [0.1, 0.15) is 60.9 Å². The molecule has 0 aliphatic carbocycles. The van der Waals surface area contributed by atoms with Gasteiger partial charge in [-0.3, -0.25) is 4.79 Å². The molecule has 0 saturated heterocycles. The van der Waals surface area contributed by atoms with Crippen LogP contribution in [0.2, 0.25) is 0 Å². The number of hydrogen-bond acceptors (Lipinski definition) is 6. The number of carboxylic acids is 1. The van der Waals surface area contributed by atoms with Crippen molar-refractivity contribution in [2.24, 2.45) is 0 Å². The van der Waals surface area contributed by atoms with E-state index in [2.05, 4.69) is 5.32 Å². The van der Waals surface area contributed by atoms with E-state index in [1.165, 1.54) is 31.4 Å². The Morgan fingerprint density at radius 1 is 0.935 bits per heavy atom. The Morgan fingerprint density at radius 3 is 2.17 bits per heavy atom. The number of aromatic nitrogens is 1. The van der Waals surface area contributed by atoms with E-state index in [0.29, 0.717) is 33.6 Å². The number of halogens is 2. The van der Waals surface area contributed by atoms with Crippen LogP contribution in [0.25, 0.3) is 22.3 Å². The van der Waals surface area contributed by atoms with Crippen molar-refractivity contribution in [1.29, 1.82) is 0 Å². The molecule has 46 heavy (non-hydrogen) atoms. The van der Waals surface area contributed by atoms with Crippen LogP contribution in [-0.2, 0) is 17.8 Å². The summed E-state index contributed by atoms with van der Waals surface area (Å²) in [5.74, 6) is -2.72. The first kappa shape index (κ1) is 36.9. The number of nitrogens with zero attached hydrogens (tertiary/aromatic N) is 1. The van der Waals surface area contributed by atoms with Crippen molar-refractivity contribution >= 4 is 11.9 Å². The van der Waals surface area contributed by atoms with E-state index < -0.39 is 42.1 Å². The van der Waals surface area contributed by atoms with E-state index in [4.69, 9.17) is 4.74 Å². The Hall–Kier alpha value is -3.54. The van der Waals surface area contributed by atoms with Crippen LogP contribution in [0.5, 0.6) is 5.75 Å². The van der Waals surface area contributed by atoms with Gasteiger partial charge in [-0.05, 0) is 74.1 Å². The van der Waals surface area contributed by atoms with Crippen LogP contribution in [-0.4, -0.2) is 46.0 Å². The summed E-state index contributed by atoms with van der Waals surface area (Å²) in [7, 11) is 1.37. The van der Waals surface area contributed by atoms with Crippen LogP contribution < -0.4 is 44.7 Å². The second-order valence-corrected chi connectivity index (χ2v) is 11.2. The summed E-state index contributed by atoms with van der Waals surface area (Å²) in [4.78, 5) is 25.0. The Morgan fingerprint density at radius 2 is 1.59 bits per heavy atom. The number of rotatable bonds is 14. The van der Waals surface area contributed by atoms with Gasteiger partial charge in [0.05, 0.1) is 19.3 Å². The van der Waals surface area contributed by atoms with Crippen LogP contribution >= 0.6 is 0 Å². The number of ether oxygens (including phenoxy) is 1. The summed E-state index contributed by atoms with van der Waals surface area (Å²) in [6.45, 7) is 3.87. The van der Waals surface area contributed by atoms with Crippen molar-refractivity contribution in [2.75, 3.05) is 7.11 Å². The Labute approximate surface area is 289 Å². The predicted octanol–water partition coefficient (Wildman–Crippen LogP) is 1.81. The maximum atomic E-state index is 14.4. The molecule has 2 atom stereocenters. The zero-order valence-corrected chi connectivity index (χ0v) is 28.4. The van der Waals surface area contributed by atoms with Crippen molar-refractivity contribution in [2.45, 2.75) is 64.3 Å². The van der Waals surface area contributed by atoms with E-state index in [1.54, 1.807) is 18.2 Å². The van der Waals surface area contributed by atoms with Gasteiger partial charge in [0.25, 0.3) is 5.91 Å². The topological polar surface area (TPSA) is 124 Å². The van der Waals surface area contributed by atoms with Crippen molar-refractivity contribution < 1.29 is 68.0 Å². The third kappa shape index (κ3) is 9.04. The number of hydrogen-bond donors (Lipinski definition) is 3. The van der Waals surface area contributed by atoms with Gasteiger partial charge in [-0.1, -0.05) is 48.5 Å². The molecule has 0 aliphatic heterocycles. The van der Waals surface area contributed by atoms with Gasteiger partial charge in [-0.25, -0.2) is 8.78 Å². The van der Waals surface area contributed by atoms with Crippen LogP contribution in [0, 0.1) is 11.6 Å². The molecule has 0 spiro atoms. The molecule has 4 rings (SSSR count). The molecule has 1 heterocycles. The maximum Gasteiger partial charge on any atom is 1.00 e. The molecule has 11 heteroatoms. The van der Waals surface area contributed by atoms with Crippen molar-refractivity contribution in [3.05, 3.63) is 101 Å². The Bertz CT molecular complexity index is 1630. The standard InChI is InChI=1S/C35H38F2N2O6.Na/c1-21(2)39-29(15-14-26(40)18-27(41)19-31(42)43)32(24-10-12-25(36)13-11-24)33(23-7-5-4-6-8-23)34(39)35(44)38-20-22-9-16-30(45-3)28(37)17-22;/h4-13,16-17,21,26-27,40-41H,14-15,18-20H2,1-3H3,(H,38,44)(H,42,43);/q;+1/p-1/t26-,27-;/m1./s1. The molecule has 0 bridgehead atoms. The molecule has 0 saturated carbocycles. The molecule has 1 aromatic heterocycles. The number of benzene rings is 3. The minimum absolute atomic E-state index is 0. The number of aliphatic hydroxyl groups excluding tert-OH is 2. The molecule has 0 radical (unpaired) electrons. The summed E-state index contributed by atoms with van der Waals surface area (Å²) in [5, 5.41) is 34.6. The molecule has 1 amide bonds. The van der Waals surface area contributed by atoms with Gasteiger partial charge >= 0.3 is 29.6 Å². The molecular weight excluding hydrogens is 605 g/mol. The van der Waals surface area contributed by atoms with E-state index >= 15 is 0 Å². The molecule has 3 N–H and O–H groups in total. The van der Waals surface area contributed by atoms with E-state index in [0.717, 1.165) is 5.56 Å². The number of carbonyl (C=O) groups excluding carboxylic acids is 2. The normalized spacial score (nSPS) is 12.3. The van der Waals surface area contributed by atoms with E-state index in [1.807, 2.05) is 48.7 Å². The van der Waals surface area contributed by atoms with Gasteiger partial charge in [0.2, 0.25) is 0 Å². The molecule has 4 aromatic rings. The van der Waals surface area contributed by atoms with Crippen molar-refractivity contribution in [3.8, 4) is 28.0 Å². The van der Waals surface area contributed by atoms with Crippen molar-refractivity contribution in [1.82, 2.24) is 9.88 Å². The fourth-order valence-corrected chi connectivity index (χ4v) is 5.59. The van der Waals surface area contributed by atoms with Gasteiger partial charge in [-0.15, -0.1) is 0 Å². The molecule has 0 aliphatic rings. The second kappa shape index (κ2) is 16.9. The maximum absolute atomic E-state index is 14.4. The van der Waals surface area contributed by atoms with Gasteiger partial charge in [0.1, 0.15) is 11.5 Å². The first-order chi connectivity index (χ1) is 21.5. The predicted molar refractivity (Wildman–Crippen MR) is 164 cm³/mol. The van der Waals surface area contributed by atoms with Crippen LogP contribution in [0.3, 0.4) is 0 Å². The number of amides is 1. The van der Waals surface area contributed by atoms with Gasteiger partial charge in [-0.2, -0.15) is 0 Å². The molecule has 0 fully saturated rings. The first-order valence-electron chi connectivity index (χ1n) is 14.7. The second-order valence-electron chi connectivity index (χ2n) is 11.2. The zero-order valence-electron chi connectivity index (χ0n) is 26.4. The fourth-order valence-electron chi connectivity index (χ4n) is 5.59. The fraction of sp³-hybridized carbons (Fsp3) is 0.314. The average Bonchev–Trinajstić information content (AvgIpc) is 3.35. The van der Waals surface area contributed by atoms with Crippen molar-refractivity contribution in [3.63, 3.8) is 0 Å². The van der Waals surface area contributed by atoms with Crippen LogP contribution in [0.4, 0.5) is 8.78 Å². The summed E-state index contributed by atoms with van der Waals surface area (Å²) in [6.07, 6.45) is -2.68. The summed E-state index contributed by atoms with van der Waals surface area (Å²) < 4.78 is 35.3. The quantitative estimate of drug-likeness (QED) is 0.181. The number of aliphatic hydroxyl groups is 2. The number of nitrogens with one attached hydrogen (secondary N) is 1. The Kier molecular flexibility index (Phi) is 13.5. The summed E-state index contributed by atoms with van der Waals surface area (Å²) in [5.41, 5.74) is 4.25. The average molecular weight is 643 g/mol. The molecule has 3 aromatic carbocycles. The number of methoxy groups -OCH3 is 1. The van der Waals surface area contributed by atoms with Gasteiger partial charge < -0.3 is 34.7 Å². The third-order valence-electron chi connectivity index (χ3n) is 7.56. The SMILES string of the molecule is COc1ccc(CNC(=O)c2c(-c3ccccc3)c(-c3ccc(F)cc3)c(CC[C@@H](O)C[C@@H](O)CC(=O)[O-])n2C(C)C)cc1F.[Na+]. The number of carboxylic acid groups (broad SMARTS) is 1. The first-order valence-corrected chi connectivity index (χ1v) is 14.7. The Balaban J connectivity index is 0.00000576. The van der Waals surface area contributed by atoms with Gasteiger partial charge in [0, 0.05) is 41.8 Å². The van der Waals surface area contributed by atoms with Gasteiger partial charge in [0.15, 0.2) is 11.6 Å². The van der Waals surface area contributed by atoms with E-state index in [-0.39, 0.29) is 67.2 Å². The minimum Gasteiger partial charge on any atom is -0.550 e. The van der Waals surface area contributed by atoms with Crippen LogP contribution in [0.15, 0.2) is 72.8 Å². The van der Waals surface area contributed by atoms with E-state index in [9.17, 15) is 33.7 Å². The molecule has 238 valence electrons. The summed E-state index contributed by atoms with van der Waals surface area (Å²) in [6, 6.07) is 19.4. The largest absolute Gasteiger partial charge is 1.00 e. The molecular formula is C35H37F2N2NaO6. The molecule has 0 unspecified atom stereocenters. The molecule has 8 nitrogen and oxygen atoms in total. The smallest absolute Gasteiger partial charge is 0.550 e. The number of carbonyl (C=O) groups is 2.